The Balaban J connectivity index is 2.29. The van der Waals surface area contributed by atoms with Crippen molar-refractivity contribution in [1.29, 1.82) is 0 Å². The van der Waals surface area contributed by atoms with E-state index >= 15 is 0 Å². The quantitative estimate of drug-likeness (QED) is 0.800. The van der Waals surface area contributed by atoms with Gasteiger partial charge in [-0.2, -0.15) is 0 Å². The number of nitrogens with two attached hydrogens (primary N) is 1. The minimum absolute atomic E-state index is 0.0318. The fourth-order valence-corrected chi connectivity index (χ4v) is 2.32. The molecule has 1 atom stereocenters. The number of rotatable bonds is 0. The van der Waals surface area contributed by atoms with Gasteiger partial charge in [-0.05, 0) is 38.8 Å². The second kappa shape index (κ2) is 5.60. The van der Waals surface area contributed by atoms with E-state index in [1.54, 1.807) is 20.8 Å². The minimum Gasteiger partial charge on any atom is -0.444 e. The second-order valence-electron chi connectivity index (χ2n) is 6.25. The molecule has 0 saturated heterocycles. The highest BCUT2D eigenvalue weighted by Gasteiger charge is 2.28. The smallest absolute Gasteiger partial charge is 0.410 e. The van der Waals surface area contributed by atoms with E-state index in [2.05, 4.69) is 0 Å². The molecule has 1 heterocycles. The molecule has 1 aromatic carbocycles. The molecule has 4 nitrogen and oxygen atoms in total. The highest BCUT2D eigenvalue weighted by atomic mass is 19.1. The maximum atomic E-state index is 14.0. The number of hydrogen-bond donors (Lipinski definition) is 1. The van der Waals surface area contributed by atoms with Crippen LogP contribution in [0.4, 0.5) is 13.6 Å². The van der Waals surface area contributed by atoms with Crippen LogP contribution in [0, 0.1) is 11.6 Å². The van der Waals surface area contributed by atoms with Crippen molar-refractivity contribution in [1.82, 2.24) is 4.90 Å². The molecule has 0 radical (unpaired) electrons. The van der Waals surface area contributed by atoms with Gasteiger partial charge in [-0.1, -0.05) is 0 Å². The van der Waals surface area contributed by atoms with Crippen molar-refractivity contribution in [3.63, 3.8) is 0 Å². The van der Waals surface area contributed by atoms with Crippen LogP contribution in [0.1, 0.15) is 44.4 Å². The number of hydrogen-bond acceptors (Lipinski definition) is 3. The number of ether oxygens (including phenoxy) is 1. The Bertz CT molecular complexity index is 555. The van der Waals surface area contributed by atoms with E-state index in [0.29, 0.717) is 18.5 Å². The van der Waals surface area contributed by atoms with Gasteiger partial charge in [-0.3, -0.25) is 0 Å². The largest absolute Gasteiger partial charge is 0.444 e. The number of fused-ring (bicyclic) bond motifs is 1. The number of halogens is 2. The topological polar surface area (TPSA) is 55.6 Å². The van der Waals surface area contributed by atoms with Crippen molar-refractivity contribution in [2.24, 2.45) is 5.73 Å². The Hall–Kier alpha value is -1.69. The fraction of sp³-hybridized carbons (Fsp3) is 0.533. The van der Waals surface area contributed by atoms with Crippen LogP contribution >= 0.6 is 0 Å². The summed E-state index contributed by atoms with van der Waals surface area (Å²) in [6.45, 7) is 5.66. The van der Waals surface area contributed by atoms with Crippen LogP contribution in [-0.4, -0.2) is 23.1 Å². The Morgan fingerprint density at radius 2 is 2.05 bits per heavy atom. The van der Waals surface area contributed by atoms with E-state index in [1.807, 2.05) is 0 Å². The van der Waals surface area contributed by atoms with Gasteiger partial charge in [0.15, 0.2) is 0 Å². The summed E-state index contributed by atoms with van der Waals surface area (Å²) in [6, 6.07) is 1.55. The SMILES string of the molecule is CC(C)(C)OC(=O)N1CC[C@H](N)c2cc(F)cc(F)c2C1. The van der Waals surface area contributed by atoms with Gasteiger partial charge in [0.25, 0.3) is 0 Å². The molecule has 1 aliphatic heterocycles. The first-order valence-corrected chi connectivity index (χ1v) is 6.88. The summed E-state index contributed by atoms with van der Waals surface area (Å²) in [7, 11) is 0. The van der Waals surface area contributed by atoms with Crippen LogP contribution < -0.4 is 5.73 Å². The van der Waals surface area contributed by atoms with Gasteiger partial charge in [-0.15, -0.1) is 0 Å². The monoisotopic (exact) mass is 298 g/mol. The molecule has 6 heteroatoms. The normalized spacial score (nSPS) is 19.0. The van der Waals surface area contributed by atoms with Gasteiger partial charge in [-0.25, -0.2) is 13.6 Å². The van der Waals surface area contributed by atoms with E-state index in [-0.39, 0.29) is 12.1 Å². The maximum Gasteiger partial charge on any atom is 0.410 e. The number of carbonyl (C=O) groups excluding carboxylic acids is 1. The van der Waals surface area contributed by atoms with Crippen molar-refractivity contribution >= 4 is 6.09 Å². The van der Waals surface area contributed by atoms with Gasteiger partial charge < -0.3 is 15.4 Å². The molecule has 1 amide bonds. The summed E-state index contributed by atoms with van der Waals surface area (Å²) in [4.78, 5) is 13.5. The van der Waals surface area contributed by atoms with Gasteiger partial charge in [0.2, 0.25) is 0 Å². The van der Waals surface area contributed by atoms with Crippen LogP contribution in [0.3, 0.4) is 0 Å². The number of amides is 1. The standard InChI is InChI=1S/C15H20F2N2O2/c1-15(2,3)21-14(20)19-5-4-13(18)10-6-9(16)7-12(17)11(10)8-19/h6-7,13H,4-5,8,18H2,1-3H3/t13-/m0/s1. The van der Waals surface area contributed by atoms with Crippen LogP contribution in [0.15, 0.2) is 12.1 Å². The van der Waals surface area contributed by atoms with Crippen LogP contribution in [0.25, 0.3) is 0 Å². The van der Waals surface area contributed by atoms with Crippen LogP contribution in [0.2, 0.25) is 0 Å². The number of benzene rings is 1. The van der Waals surface area contributed by atoms with Gasteiger partial charge in [0.1, 0.15) is 17.2 Å². The third-order valence-electron chi connectivity index (χ3n) is 3.30. The van der Waals surface area contributed by atoms with Gasteiger partial charge >= 0.3 is 6.09 Å². The summed E-state index contributed by atoms with van der Waals surface area (Å²) in [6.07, 6.45) is -0.0962. The summed E-state index contributed by atoms with van der Waals surface area (Å²) >= 11 is 0. The zero-order valence-corrected chi connectivity index (χ0v) is 12.5. The van der Waals surface area contributed by atoms with Crippen LogP contribution in [-0.2, 0) is 11.3 Å². The molecule has 0 spiro atoms. The third-order valence-corrected chi connectivity index (χ3v) is 3.30. The van der Waals surface area contributed by atoms with Gasteiger partial charge in [0, 0.05) is 24.2 Å². The molecule has 0 bridgehead atoms. The van der Waals surface area contributed by atoms with E-state index < -0.39 is 29.4 Å². The molecule has 1 aliphatic rings. The Labute approximate surface area is 122 Å². The molecular weight excluding hydrogens is 278 g/mol. The Kier molecular flexibility index (Phi) is 4.18. The molecule has 0 aromatic heterocycles. The van der Waals surface area contributed by atoms with Crippen molar-refractivity contribution in [2.45, 2.75) is 45.4 Å². The summed E-state index contributed by atoms with van der Waals surface area (Å²) in [5.41, 5.74) is 6.00. The predicted octanol–water partition coefficient (Wildman–Crippen LogP) is 3.11. The predicted molar refractivity (Wildman–Crippen MR) is 74.5 cm³/mol. The molecule has 0 saturated carbocycles. The van der Waals surface area contributed by atoms with Crippen LogP contribution in [0.5, 0.6) is 0 Å². The maximum absolute atomic E-state index is 14.0. The lowest BCUT2D eigenvalue weighted by Crippen LogP contribution is -2.36. The molecule has 116 valence electrons. The number of nitrogens with zero attached hydrogens (tertiary/aromatic N) is 1. The number of carbonyl (C=O) groups is 1. The first kappa shape index (κ1) is 15.7. The fourth-order valence-electron chi connectivity index (χ4n) is 2.32. The summed E-state index contributed by atoms with van der Waals surface area (Å²) in [5, 5.41) is 0. The third kappa shape index (κ3) is 3.69. The molecule has 0 fully saturated rings. The first-order valence-electron chi connectivity index (χ1n) is 6.88. The Morgan fingerprint density at radius 1 is 1.38 bits per heavy atom. The van der Waals surface area contributed by atoms with E-state index in [1.165, 1.54) is 11.0 Å². The average molecular weight is 298 g/mol. The highest BCUT2D eigenvalue weighted by molar-refractivity contribution is 5.68. The lowest BCUT2D eigenvalue weighted by atomic mass is 9.99. The second-order valence-corrected chi connectivity index (χ2v) is 6.25. The zero-order valence-electron chi connectivity index (χ0n) is 12.5. The lowest BCUT2D eigenvalue weighted by molar-refractivity contribution is 0.0233. The van der Waals surface area contributed by atoms with Gasteiger partial charge in [0.05, 0.1) is 6.54 Å². The first-order chi connectivity index (χ1) is 9.67. The Morgan fingerprint density at radius 3 is 2.67 bits per heavy atom. The van der Waals surface area contributed by atoms with E-state index in [9.17, 15) is 13.6 Å². The van der Waals surface area contributed by atoms with Crippen molar-refractivity contribution in [2.75, 3.05) is 6.54 Å². The molecule has 2 N–H and O–H groups in total. The summed E-state index contributed by atoms with van der Waals surface area (Å²) in [5.74, 6) is -1.34. The molecule has 0 aliphatic carbocycles. The molecule has 1 aromatic rings. The zero-order chi connectivity index (χ0) is 15.8. The van der Waals surface area contributed by atoms with Crippen molar-refractivity contribution < 1.29 is 18.3 Å². The highest BCUT2D eigenvalue weighted by Crippen LogP contribution is 2.28. The van der Waals surface area contributed by atoms with E-state index in [4.69, 9.17) is 10.5 Å². The van der Waals surface area contributed by atoms with Crippen molar-refractivity contribution in [3.8, 4) is 0 Å². The summed E-state index contributed by atoms with van der Waals surface area (Å²) < 4.78 is 32.6. The van der Waals surface area contributed by atoms with E-state index in [0.717, 1.165) is 6.07 Å². The lowest BCUT2D eigenvalue weighted by Gasteiger charge is -2.26. The molecular formula is C15H20F2N2O2. The molecule has 21 heavy (non-hydrogen) atoms. The minimum atomic E-state index is -0.684. The average Bonchev–Trinajstić information content (AvgIpc) is 2.48. The van der Waals surface area contributed by atoms with Crippen molar-refractivity contribution in [3.05, 3.63) is 34.9 Å². The molecule has 2 rings (SSSR count). The molecule has 0 unspecified atom stereocenters.